The van der Waals surface area contributed by atoms with Gasteiger partial charge < -0.3 is 10.6 Å². The van der Waals surface area contributed by atoms with Crippen LogP contribution < -0.4 is 10.6 Å². The molecule has 1 amide bonds. The van der Waals surface area contributed by atoms with Gasteiger partial charge in [-0.3, -0.25) is 4.79 Å². The van der Waals surface area contributed by atoms with Gasteiger partial charge in [-0.15, -0.1) is 0 Å². The third kappa shape index (κ3) is 3.22. The fourth-order valence-corrected chi connectivity index (χ4v) is 1.42. The highest BCUT2D eigenvalue weighted by atomic mass is 19.1. The lowest BCUT2D eigenvalue weighted by Gasteiger charge is -2.16. The summed E-state index contributed by atoms with van der Waals surface area (Å²) in [4.78, 5) is 11.5. The van der Waals surface area contributed by atoms with Gasteiger partial charge >= 0.3 is 0 Å². The van der Waals surface area contributed by atoms with Crippen LogP contribution >= 0.6 is 0 Å². The maximum atomic E-state index is 12.9. The molecular formula is C12H17FN2O. The van der Waals surface area contributed by atoms with E-state index in [4.69, 9.17) is 0 Å². The standard InChI is InChI=1S/C12H17FN2O/c1-4-14-12(16)9(3)15-11-6-5-10(13)7-8(11)2/h5-7,9,15H,4H2,1-3H3,(H,14,16). The Hall–Kier alpha value is -1.58. The highest BCUT2D eigenvalue weighted by molar-refractivity contribution is 5.84. The fraction of sp³-hybridized carbons (Fsp3) is 0.417. The minimum atomic E-state index is -0.330. The lowest BCUT2D eigenvalue weighted by Crippen LogP contribution is -2.37. The second-order valence-electron chi connectivity index (χ2n) is 3.72. The molecule has 88 valence electrons. The summed E-state index contributed by atoms with van der Waals surface area (Å²) in [5, 5.41) is 5.76. The smallest absolute Gasteiger partial charge is 0.242 e. The predicted molar refractivity (Wildman–Crippen MR) is 62.9 cm³/mol. The lowest BCUT2D eigenvalue weighted by molar-refractivity contribution is -0.121. The van der Waals surface area contributed by atoms with Gasteiger partial charge in [0.05, 0.1) is 0 Å². The molecule has 0 aliphatic rings. The zero-order valence-corrected chi connectivity index (χ0v) is 9.80. The molecule has 4 heteroatoms. The molecule has 0 saturated heterocycles. The first-order valence-corrected chi connectivity index (χ1v) is 5.35. The molecule has 1 aromatic carbocycles. The fourth-order valence-electron chi connectivity index (χ4n) is 1.42. The Bertz CT molecular complexity index is 379. The molecule has 1 rings (SSSR count). The van der Waals surface area contributed by atoms with E-state index in [1.807, 2.05) is 6.92 Å². The molecule has 0 aromatic heterocycles. The van der Waals surface area contributed by atoms with E-state index in [0.29, 0.717) is 6.54 Å². The molecule has 0 saturated carbocycles. The number of rotatable bonds is 4. The van der Waals surface area contributed by atoms with Crippen molar-refractivity contribution in [1.29, 1.82) is 0 Å². The number of carbonyl (C=O) groups excluding carboxylic acids is 1. The van der Waals surface area contributed by atoms with Crippen molar-refractivity contribution < 1.29 is 9.18 Å². The van der Waals surface area contributed by atoms with Crippen molar-refractivity contribution in [2.45, 2.75) is 26.8 Å². The Labute approximate surface area is 95.0 Å². The number of hydrogen-bond donors (Lipinski definition) is 2. The molecular weight excluding hydrogens is 207 g/mol. The van der Waals surface area contributed by atoms with Gasteiger partial charge in [0.1, 0.15) is 11.9 Å². The topological polar surface area (TPSA) is 41.1 Å². The molecule has 3 nitrogen and oxygen atoms in total. The van der Waals surface area contributed by atoms with Crippen molar-refractivity contribution in [3.8, 4) is 0 Å². The number of benzene rings is 1. The van der Waals surface area contributed by atoms with E-state index in [9.17, 15) is 9.18 Å². The van der Waals surface area contributed by atoms with Gasteiger partial charge in [-0.25, -0.2) is 4.39 Å². The zero-order valence-electron chi connectivity index (χ0n) is 9.80. The van der Waals surface area contributed by atoms with E-state index >= 15 is 0 Å². The molecule has 1 atom stereocenters. The molecule has 2 N–H and O–H groups in total. The molecule has 0 heterocycles. The van der Waals surface area contributed by atoms with E-state index in [1.165, 1.54) is 12.1 Å². The molecule has 1 unspecified atom stereocenters. The summed E-state index contributed by atoms with van der Waals surface area (Å²) in [6, 6.07) is 4.12. The number of hydrogen-bond acceptors (Lipinski definition) is 2. The highest BCUT2D eigenvalue weighted by Crippen LogP contribution is 2.16. The molecule has 0 bridgehead atoms. The van der Waals surface area contributed by atoms with Crippen LogP contribution in [0.25, 0.3) is 0 Å². The molecule has 0 fully saturated rings. The van der Waals surface area contributed by atoms with E-state index in [-0.39, 0.29) is 17.8 Å². The summed E-state index contributed by atoms with van der Waals surface area (Å²) in [7, 11) is 0. The summed E-state index contributed by atoms with van der Waals surface area (Å²) < 4.78 is 12.9. The van der Waals surface area contributed by atoms with Crippen LogP contribution in [0.3, 0.4) is 0 Å². The molecule has 0 radical (unpaired) electrons. The number of likely N-dealkylation sites (N-methyl/N-ethyl adjacent to an activating group) is 1. The van der Waals surface area contributed by atoms with Crippen LogP contribution in [0.15, 0.2) is 18.2 Å². The Morgan fingerprint density at radius 2 is 2.19 bits per heavy atom. The maximum absolute atomic E-state index is 12.9. The van der Waals surface area contributed by atoms with Crippen molar-refractivity contribution in [1.82, 2.24) is 5.32 Å². The third-order valence-corrected chi connectivity index (χ3v) is 2.30. The monoisotopic (exact) mass is 224 g/mol. The third-order valence-electron chi connectivity index (χ3n) is 2.30. The van der Waals surface area contributed by atoms with Crippen molar-refractivity contribution >= 4 is 11.6 Å². The summed E-state index contributed by atoms with van der Waals surface area (Å²) in [6.45, 7) is 6.05. The summed E-state index contributed by atoms with van der Waals surface area (Å²) in [5.41, 5.74) is 1.57. The first kappa shape index (κ1) is 12.5. The average molecular weight is 224 g/mol. The number of carbonyl (C=O) groups is 1. The minimum absolute atomic E-state index is 0.0637. The van der Waals surface area contributed by atoms with E-state index in [0.717, 1.165) is 11.3 Å². The van der Waals surface area contributed by atoms with Crippen LogP contribution in [0, 0.1) is 12.7 Å². The van der Waals surface area contributed by atoms with E-state index in [1.54, 1.807) is 19.9 Å². The van der Waals surface area contributed by atoms with Crippen LogP contribution in [0.5, 0.6) is 0 Å². The Morgan fingerprint density at radius 3 is 2.75 bits per heavy atom. The predicted octanol–water partition coefficient (Wildman–Crippen LogP) is 2.07. The van der Waals surface area contributed by atoms with Crippen LogP contribution in [0.1, 0.15) is 19.4 Å². The molecule has 16 heavy (non-hydrogen) atoms. The van der Waals surface area contributed by atoms with E-state index < -0.39 is 0 Å². The van der Waals surface area contributed by atoms with Gasteiger partial charge in [0.15, 0.2) is 0 Å². The second kappa shape index (κ2) is 5.49. The van der Waals surface area contributed by atoms with Crippen molar-refractivity contribution in [2.24, 2.45) is 0 Å². The Morgan fingerprint density at radius 1 is 1.50 bits per heavy atom. The molecule has 0 aliphatic carbocycles. The van der Waals surface area contributed by atoms with Crippen LogP contribution in [0.4, 0.5) is 10.1 Å². The number of amides is 1. The summed E-state index contributed by atoms with van der Waals surface area (Å²) in [6.07, 6.45) is 0. The molecule has 0 spiro atoms. The summed E-state index contributed by atoms with van der Waals surface area (Å²) >= 11 is 0. The van der Waals surface area contributed by atoms with Crippen LogP contribution in [-0.4, -0.2) is 18.5 Å². The van der Waals surface area contributed by atoms with Crippen LogP contribution in [0.2, 0.25) is 0 Å². The molecule has 1 aromatic rings. The lowest BCUT2D eigenvalue weighted by atomic mass is 10.1. The van der Waals surface area contributed by atoms with Crippen molar-refractivity contribution in [3.05, 3.63) is 29.6 Å². The van der Waals surface area contributed by atoms with Gasteiger partial charge in [0.25, 0.3) is 0 Å². The minimum Gasteiger partial charge on any atom is -0.374 e. The first-order chi connectivity index (χ1) is 7.54. The van der Waals surface area contributed by atoms with Crippen LogP contribution in [-0.2, 0) is 4.79 Å². The van der Waals surface area contributed by atoms with E-state index in [2.05, 4.69) is 10.6 Å². The highest BCUT2D eigenvalue weighted by Gasteiger charge is 2.12. The van der Waals surface area contributed by atoms with Gasteiger partial charge in [-0.05, 0) is 44.5 Å². The van der Waals surface area contributed by atoms with Gasteiger partial charge in [-0.1, -0.05) is 0 Å². The van der Waals surface area contributed by atoms with Crippen molar-refractivity contribution in [2.75, 3.05) is 11.9 Å². The number of anilines is 1. The normalized spacial score (nSPS) is 12.0. The quantitative estimate of drug-likeness (QED) is 0.822. The van der Waals surface area contributed by atoms with Gasteiger partial charge in [-0.2, -0.15) is 0 Å². The Balaban J connectivity index is 2.69. The summed E-state index contributed by atoms with van der Waals surface area (Å²) in [5.74, 6) is -0.333. The van der Waals surface area contributed by atoms with Gasteiger partial charge in [0.2, 0.25) is 5.91 Å². The number of halogens is 1. The first-order valence-electron chi connectivity index (χ1n) is 5.35. The average Bonchev–Trinajstić information content (AvgIpc) is 2.22. The second-order valence-corrected chi connectivity index (χ2v) is 3.72. The maximum Gasteiger partial charge on any atom is 0.242 e. The number of nitrogens with one attached hydrogen (secondary N) is 2. The number of aryl methyl sites for hydroxylation is 1. The Kier molecular flexibility index (Phi) is 4.28. The largest absolute Gasteiger partial charge is 0.374 e. The zero-order chi connectivity index (χ0) is 12.1. The SMILES string of the molecule is CCNC(=O)C(C)Nc1ccc(F)cc1C. The van der Waals surface area contributed by atoms with Gasteiger partial charge in [0, 0.05) is 12.2 Å². The molecule has 0 aliphatic heterocycles. The van der Waals surface area contributed by atoms with Crippen molar-refractivity contribution in [3.63, 3.8) is 0 Å².